The van der Waals surface area contributed by atoms with Crippen LogP contribution in [0.15, 0.2) is 18.2 Å². The molecule has 1 aromatic rings. The van der Waals surface area contributed by atoms with Gasteiger partial charge in [0.1, 0.15) is 0 Å². The van der Waals surface area contributed by atoms with Gasteiger partial charge in [0, 0.05) is 11.6 Å². The molecule has 96 valence electrons. The Hall–Kier alpha value is -0.570. The lowest BCUT2D eigenvalue weighted by Gasteiger charge is -2.19. The maximum absolute atomic E-state index is 6.09. The van der Waals surface area contributed by atoms with Crippen molar-refractivity contribution >= 4 is 11.6 Å². The van der Waals surface area contributed by atoms with E-state index >= 15 is 0 Å². The molecule has 0 fully saturated rings. The number of ether oxygens (including phenoxy) is 1. The van der Waals surface area contributed by atoms with Crippen molar-refractivity contribution in [2.24, 2.45) is 0 Å². The van der Waals surface area contributed by atoms with Crippen LogP contribution < -0.4 is 5.32 Å². The third-order valence-electron chi connectivity index (χ3n) is 2.60. The van der Waals surface area contributed by atoms with Crippen LogP contribution in [0.2, 0.25) is 5.02 Å². The van der Waals surface area contributed by atoms with Gasteiger partial charge in [0.25, 0.3) is 0 Å². The summed E-state index contributed by atoms with van der Waals surface area (Å²) < 4.78 is 5.52. The number of hydrogen-bond donors (Lipinski definition) is 1. The molecule has 1 aromatic carbocycles. The van der Waals surface area contributed by atoms with Gasteiger partial charge in [0.15, 0.2) is 0 Å². The van der Waals surface area contributed by atoms with E-state index in [0.29, 0.717) is 6.61 Å². The fourth-order valence-corrected chi connectivity index (χ4v) is 2.09. The van der Waals surface area contributed by atoms with Crippen LogP contribution in [0, 0.1) is 6.92 Å². The summed E-state index contributed by atoms with van der Waals surface area (Å²) in [6, 6.07) is 6.38. The normalized spacial score (nSPS) is 12.7. The van der Waals surface area contributed by atoms with Crippen LogP contribution in [-0.2, 0) is 4.74 Å². The summed E-state index contributed by atoms with van der Waals surface area (Å²) in [5, 5.41) is 4.28. The van der Waals surface area contributed by atoms with Gasteiger partial charge in [-0.05, 0) is 50.1 Å². The zero-order valence-corrected chi connectivity index (χ0v) is 11.7. The van der Waals surface area contributed by atoms with E-state index in [1.54, 1.807) is 0 Å². The van der Waals surface area contributed by atoms with E-state index in [9.17, 15) is 0 Å². The molecular weight excluding hydrogens is 234 g/mol. The largest absolute Gasteiger partial charge is 0.380 e. The summed E-state index contributed by atoms with van der Waals surface area (Å²) >= 11 is 6.09. The predicted molar refractivity (Wildman–Crippen MR) is 73.7 cm³/mol. The molecule has 0 spiro atoms. The van der Waals surface area contributed by atoms with Gasteiger partial charge in [0.05, 0.1) is 12.6 Å². The molecule has 1 N–H and O–H groups in total. The molecule has 0 aromatic heterocycles. The monoisotopic (exact) mass is 255 g/mol. The molecule has 0 aliphatic rings. The Balaban J connectivity index is 2.78. The third kappa shape index (κ3) is 5.07. The summed E-state index contributed by atoms with van der Waals surface area (Å²) in [5.41, 5.74) is 2.39. The fourth-order valence-electron chi connectivity index (χ4n) is 1.79. The van der Waals surface area contributed by atoms with Crippen molar-refractivity contribution in [2.75, 3.05) is 19.8 Å². The first-order valence-electron chi connectivity index (χ1n) is 6.25. The zero-order chi connectivity index (χ0) is 12.7. The molecule has 0 saturated carbocycles. The molecule has 17 heavy (non-hydrogen) atoms. The Kier molecular flexibility index (Phi) is 6.56. The van der Waals surface area contributed by atoms with Crippen LogP contribution in [0.5, 0.6) is 0 Å². The second-order valence-electron chi connectivity index (χ2n) is 4.23. The highest BCUT2D eigenvalue weighted by atomic mass is 35.5. The fraction of sp³-hybridized carbons (Fsp3) is 0.571. The van der Waals surface area contributed by atoms with Gasteiger partial charge in [0.2, 0.25) is 0 Å². The second-order valence-corrected chi connectivity index (χ2v) is 4.66. The van der Waals surface area contributed by atoms with Gasteiger partial charge in [-0.3, -0.25) is 0 Å². The molecule has 0 bridgehead atoms. The van der Waals surface area contributed by atoms with E-state index in [0.717, 1.165) is 24.6 Å². The van der Waals surface area contributed by atoms with Crippen LogP contribution in [0.25, 0.3) is 0 Å². The average molecular weight is 256 g/mol. The van der Waals surface area contributed by atoms with Gasteiger partial charge in [-0.1, -0.05) is 24.6 Å². The lowest BCUT2D eigenvalue weighted by molar-refractivity contribution is 0.123. The van der Waals surface area contributed by atoms with Crippen molar-refractivity contribution < 1.29 is 4.74 Å². The van der Waals surface area contributed by atoms with E-state index in [1.165, 1.54) is 11.1 Å². The first kappa shape index (κ1) is 14.5. The first-order chi connectivity index (χ1) is 8.17. The minimum absolute atomic E-state index is 0.229. The smallest absolute Gasteiger partial charge is 0.0661 e. The standard InChI is InChI=1S/C14H22ClNO/c1-4-6-16-14(10-17-5-2)12-7-11(3)8-13(15)9-12/h7-9,14,16H,4-6,10H2,1-3H3. The molecule has 0 aliphatic carbocycles. The summed E-state index contributed by atoms with van der Waals surface area (Å²) in [6.07, 6.45) is 1.11. The summed E-state index contributed by atoms with van der Waals surface area (Å²) in [7, 11) is 0. The first-order valence-corrected chi connectivity index (χ1v) is 6.63. The molecule has 0 aliphatic heterocycles. The van der Waals surface area contributed by atoms with Gasteiger partial charge in [-0.25, -0.2) is 0 Å². The summed E-state index contributed by atoms with van der Waals surface area (Å²) in [6.45, 7) is 8.66. The molecule has 0 saturated heterocycles. The van der Waals surface area contributed by atoms with Crippen LogP contribution in [0.3, 0.4) is 0 Å². The Morgan fingerprint density at radius 1 is 1.29 bits per heavy atom. The SMILES string of the molecule is CCCNC(COCC)c1cc(C)cc(Cl)c1. The zero-order valence-electron chi connectivity index (χ0n) is 10.9. The molecule has 0 amide bonds. The van der Waals surface area contributed by atoms with Crippen molar-refractivity contribution in [1.82, 2.24) is 5.32 Å². The molecule has 1 rings (SSSR count). The van der Waals surface area contributed by atoms with Gasteiger partial charge >= 0.3 is 0 Å². The van der Waals surface area contributed by atoms with E-state index in [2.05, 4.69) is 25.2 Å². The summed E-state index contributed by atoms with van der Waals surface area (Å²) in [4.78, 5) is 0. The number of rotatable bonds is 7. The second kappa shape index (κ2) is 7.70. The van der Waals surface area contributed by atoms with Gasteiger partial charge in [-0.15, -0.1) is 0 Å². The quantitative estimate of drug-likeness (QED) is 0.802. The molecule has 2 nitrogen and oxygen atoms in total. The van der Waals surface area contributed by atoms with E-state index in [4.69, 9.17) is 16.3 Å². The Morgan fingerprint density at radius 3 is 2.65 bits per heavy atom. The highest BCUT2D eigenvalue weighted by Crippen LogP contribution is 2.20. The number of hydrogen-bond acceptors (Lipinski definition) is 2. The van der Waals surface area contributed by atoms with Crippen molar-refractivity contribution in [3.63, 3.8) is 0 Å². The molecule has 1 atom stereocenters. The topological polar surface area (TPSA) is 21.3 Å². The number of halogens is 1. The lowest BCUT2D eigenvalue weighted by Crippen LogP contribution is -2.26. The minimum atomic E-state index is 0.229. The lowest BCUT2D eigenvalue weighted by atomic mass is 10.0. The maximum Gasteiger partial charge on any atom is 0.0661 e. The van der Waals surface area contributed by atoms with Gasteiger partial charge < -0.3 is 10.1 Å². The van der Waals surface area contributed by atoms with Crippen LogP contribution in [-0.4, -0.2) is 19.8 Å². The van der Waals surface area contributed by atoms with Crippen LogP contribution in [0.1, 0.15) is 37.4 Å². The molecular formula is C14H22ClNO. The number of benzene rings is 1. The average Bonchev–Trinajstić information content (AvgIpc) is 2.28. The number of aryl methyl sites for hydroxylation is 1. The third-order valence-corrected chi connectivity index (χ3v) is 2.81. The molecule has 0 radical (unpaired) electrons. The molecule has 0 heterocycles. The highest BCUT2D eigenvalue weighted by molar-refractivity contribution is 6.30. The maximum atomic E-state index is 6.09. The molecule has 1 unspecified atom stereocenters. The Labute approximate surface area is 109 Å². The summed E-state index contributed by atoms with van der Waals surface area (Å²) in [5.74, 6) is 0. The van der Waals surface area contributed by atoms with Crippen LogP contribution >= 0.6 is 11.6 Å². The Bertz CT molecular complexity index is 313. The van der Waals surface area contributed by atoms with Gasteiger partial charge in [-0.2, -0.15) is 0 Å². The highest BCUT2D eigenvalue weighted by Gasteiger charge is 2.11. The van der Waals surface area contributed by atoms with E-state index in [1.807, 2.05) is 19.1 Å². The van der Waals surface area contributed by atoms with E-state index in [-0.39, 0.29) is 6.04 Å². The van der Waals surface area contributed by atoms with E-state index < -0.39 is 0 Å². The van der Waals surface area contributed by atoms with Crippen molar-refractivity contribution in [1.29, 1.82) is 0 Å². The minimum Gasteiger partial charge on any atom is -0.380 e. The van der Waals surface area contributed by atoms with Crippen molar-refractivity contribution in [2.45, 2.75) is 33.2 Å². The van der Waals surface area contributed by atoms with Crippen molar-refractivity contribution in [3.8, 4) is 0 Å². The van der Waals surface area contributed by atoms with Crippen molar-refractivity contribution in [3.05, 3.63) is 34.3 Å². The number of nitrogens with one attached hydrogen (secondary N) is 1. The van der Waals surface area contributed by atoms with Crippen LogP contribution in [0.4, 0.5) is 0 Å². The Morgan fingerprint density at radius 2 is 2.06 bits per heavy atom. The molecule has 3 heteroatoms. The predicted octanol–water partition coefficient (Wildman–Crippen LogP) is 3.73.